The van der Waals surface area contributed by atoms with Crippen molar-refractivity contribution in [3.8, 4) is 5.75 Å². The Balaban J connectivity index is 1.97. The smallest absolute Gasteiger partial charge is 0.304 e. The molecule has 0 aliphatic carbocycles. The van der Waals surface area contributed by atoms with E-state index in [0.717, 1.165) is 22.0 Å². The molecular formula is C20H17ClN2O4. The summed E-state index contributed by atoms with van der Waals surface area (Å²) in [5, 5.41) is 11.0. The average Bonchev–Trinajstić information content (AvgIpc) is 3.26. The van der Waals surface area contributed by atoms with Crippen LogP contribution in [0.1, 0.15) is 29.4 Å². The van der Waals surface area contributed by atoms with Gasteiger partial charge in [-0.3, -0.25) is 4.79 Å². The minimum absolute atomic E-state index is 0.180. The molecule has 1 atom stereocenters. The van der Waals surface area contributed by atoms with E-state index in [1.807, 2.05) is 25.3 Å². The third kappa shape index (κ3) is 3.02. The van der Waals surface area contributed by atoms with E-state index in [9.17, 15) is 9.90 Å². The SMILES string of the molecule is COc1cc(C)c2[nH]ccc2c1C(CC(=O)O)c1nc2cc(Cl)ccc2o1. The van der Waals surface area contributed by atoms with Crippen molar-refractivity contribution in [2.75, 3.05) is 7.11 Å². The molecule has 138 valence electrons. The summed E-state index contributed by atoms with van der Waals surface area (Å²) in [6, 6.07) is 8.93. The summed E-state index contributed by atoms with van der Waals surface area (Å²) in [4.78, 5) is 19.3. The van der Waals surface area contributed by atoms with Crippen LogP contribution in [0.15, 0.2) is 40.9 Å². The largest absolute Gasteiger partial charge is 0.496 e. The Kier molecular flexibility index (Phi) is 4.28. The van der Waals surface area contributed by atoms with E-state index in [-0.39, 0.29) is 6.42 Å². The Bertz CT molecular complexity index is 1160. The summed E-state index contributed by atoms with van der Waals surface area (Å²) < 4.78 is 11.5. The van der Waals surface area contributed by atoms with Crippen molar-refractivity contribution < 1.29 is 19.1 Å². The van der Waals surface area contributed by atoms with Gasteiger partial charge in [-0.15, -0.1) is 0 Å². The van der Waals surface area contributed by atoms with Crippen molar-refractivity contribution in [2.45, 2.75) is 19.3 Å². The topological polar surface area (TPSA) is 88.4 Å². The number of fused-ring (bicyclic) bond motifs is 2. The first-order valence-corrected chi connectivity index (χ1v) is 8.78. The zero-order chi connectivity index (χ0) is 19.1. The van der Waals surface area contributed by atoms with E-state index in [4.69, 9.17) is 20.8 Å². The van der Waals surface area contributed by atoms with Crippen LogP contribution >= 0.6 is 11.6 Å². The molecule has 4 aromatic rings. The molecule has 0 saturated heterocycles. The molecule has 0 aliphatic heterocycles. The maximum absolute atomic E-state index is 11.6. The Morgan fingerprint density at radius 3 is 2.93 bits per heavy atom. The van der Waals surface area contributed by atoms with Crippen molar-refractivity contribution in [1.29, 1.82) is 0 Å². The fourth-order valence-corrected chi connectivity index (χ4v) is 3.65. The number of nitrogens with zero attached hydrogens (tertiary/aromatic N) is 1. The fraction of sp³-hybridized carbons (Fsp3) is 0.200. The summed E-state index contributed by atoms with van der Waals surface area (Å²) in [5.41, 5.74) is 3.82. The van der Waals surface area contributed by atoms with Gasteiger partial charge in [-0.1, -0.05) is 11.6 Å². The maximum Gasteiger partial charge on any atom is 0.304 e. The molecule has 0 bridgehead atoms. The highest BCUT2D eigenvalue weighted by molar-refractivity contribution is 6.31. The number of nitrogens with one attached hydrogen (secondary N) is 1. The summed E-state index contributed by atoms with van der Waals surface area (Å²) in [6.07, 6.45) is 1.64. The van der Waals surface area contributed by atoms with Crippen LogP contribution in [-0.4, -0.2) is 28.2 Å². The van der Waals surface area contributed by atoms with Gasteiger partial charge in [0.05, 0.1) is 19.4 Å². The van der Waals surface area contributed by atoms with Crippen LogP contribution in [0.3, 0.4) is 0 Å². The molecule has 2 N–H and O–H groups in total. The molecule has 0 aliphatic rings. The third-order valence-electron chi connectivity index (χ3n) is 4.66. The van der Waals surface area contributed by atoms with Crippen molar-refractivity contribution >= 4 is 39.6 Å². The molecule has 1 unspecified atom stereocenters. The number of hydrogen-bond acceptors (Lipinski definition) is 4. The molecule has 0 radical (unpaired) electrons. The quantitative estimate of drug-likeness (QED) is 0.511. The highest BCUT2D eigenvalue weighted by Gasteiger charge is 2.29. The second kappa shape index (κ2) is 6.63. The number of benzene rings is 2. The van der Waals surface area contributed by atoms with Gasteiger partial charge in [-0.25, -0.2) is 4.98 Å². The lowest BCUT2D eigenvalue weighted by molar-refractivity contribution is -0.137. The Hall–Kier alpha value is -2.99. The van der Waals surface area contributed by atoms with Crippen molar-refractivity contribution in [3.05, 3.63) is 58.6 Å². The third-order valence-corrected chi connectivity index (χ3v) is 4.89. The van der Waals surface area contributed by atoms with Gasteiger partial charge in [-0.05, 0) is 42.8 Å². The lowest BCUT2D eigenvalue weighted by atomic mass is 9.90. The van der Waals surface area contributed by atoms with Gasteiger partial charge in [0, 0.05) is 27.7 Å². The molecule has 2 heterocycles. The number of aromatic nitrogens is 2. The number of aromatic amines is 1. The van der Waals surface area contributed by atoms with Crippen LogP contribution in [0, 0.1) is 6.92 Å². The van der Waals surface area contributed by atoms with Crippen LogP contribution in [-0.2, 0) is 4.79 Å². The summed E-state index contributed by atoms with van der Waals surface area (Å²) in [7, 11) is 1.57. The second-order valence-electron chi connectivity index (χ2n) is 6.39. The van der Waals surface area contributed by atoms with Gasteiger partial charge in [0.25, 0.3) is 0 Å². The van der Waals surface area contributed by atoms with Gasteiger partial charge in [0.15, 0.2) is 5.58 Å². The van der Waals surface area contributed by atoms with Crippen LogP contribution in [0.2, 0.25) is 5.02 Å². The number of carboxylic acid groups (broad SMARTS) is 1. The lowest BCUT2D eigenvalue weighted by Crippen LogP contribution is -2.10. The number of oxazole rings is 1. The predicted molar refractivity (Wildman–Crippen MR) is 103 cm³/mol. The summed E-state index contributed by atoms with van der Waals surface area (Å²) in [5.74, 6) is -0.639. The van der Waals surface area contributed by atoms with Crippen LogP contribution in [0.25, 0.3) is 22.0 Å². The number of hydrogen-bond donors (Lipinski definition) is 2. The van der Waals surface area contributed by atoms with Crippen LogP contribution < -0.4 is 4.74 Å². The number of carbonyl (C=O) groups is 1. The first-order chi connectivity index (χ1) is 13.0. The minimum atomic E-state index is -0.952. The average molecular weight is 385 g/mol. The Morgan fingerprint density at radius 2 is 2.19 bits per heavy atom. The number of aryl methyl sites for hydroxylation is 1. The predicted octanol–water partition coefficient (Wildman–Crippen LogP) is 4.89. The molecule has 7 heteroatoms. The van der Waals surface area contributed by atoms with E-state index >= 15 is 0 Å². The van der Waals surface area contributed by atoms with Crippen molar-refractivity contribution in [3.63, 3.8) is 0 Å². The molecule has 6 nitrogen and oxygen atoms in total. The van der Waals surface area contributed by atoms with Gasteiger partial charge in [-0.2, -0.15) is 0 Å². The maximum atomic E-state index is 11.6. The molecule has 0 spiro atoms. The second-order valence-corrected chi connectivity index (χ2v) is 6.83. The van der Waals surface area contributed by atoms with Crippen LogP contribution in [0.5, 0.6) is 5.75 Å². The molecule has 2 aromatic carbocycles. The van der Waals surface area contributed by atoms with E-state index < -0.39 is 11.9 Å². The summed E-state index contributed by atoms with van der Waals surface area (Å²) in [6.45, 7) is 1.97. The van der Waals surface area contributed by atoms with Gasteiger partial charge in [0.1, 0.15) is 11.3 Å². The highest BCUT2D eigenvalue weighted by atomic mass is 35.5. The number of ether oxygens (including phenoxy) is 1. The van der Waals surface area contributed by atoms with E-state index in [1.165, 1.54) is 0 Å². The summed E-state index contributed by atoms with van der Waals surface area (Å²) >= 11 is 6.04. The highest BCUT2D eigenvalue weighted by Crippen LogP contribution is 2.41. The fourth-order valence-electron chi connectivity index (χ4n) is 3.48. The Labute approximate surface area is 159 Å². The lowest BCUT2D eigenvalue weighted by Gasteiger charge is -2.18. The van der Waals surface area contributed by atoms with Crippen molar-refractivity contribution in [1.82, 2.24) is 9.97 Å². The molecule has 27 heavy (non-hydrogen) atoms. The zero-order valence-electron chi connectivity index (χ0n) is 14.7. The number of aliphatic carboxylic acids is 1. The number of carboxylic acids is 1. The van der Waals surface area contributed by atoms with Gasteiger partial charge < -0.3 is 19.2 Å². The minimum Gasteiger partial charge on any atom is -0.496 e. The molecule has 0 fully saturated rings. The van der Waals surface area contributed by atoms with E-state index in [0.29, 0.717) is 27.8 Å². The van der Waals surface area contributed by atoms with E-state index in [1.54, 1.807) is 25.3 Å². The molecule has 0 amide bonds. The molecule has 2 aromatic heterocycles. The number of methoxy groups -OCH3 is 1. The number of H-pyrrole nitrogens is 1. The zero-order valence-corrected chi connectivity index (χ0v) is 15.5. The van der Waals surface area contributed by atoms with Crippen LogP contribution in [0.4, 0.5) is 0 Å². The first kappa shape index (κ1) is 17.4. The molecule has 4 rings (SSSR count). The van der Waals surface area contributed by atoms with Crippen molar-refractivity contribution in [2.24, 2.45) is 0 Å². The first-order valence-electron chi connectivity index (χ1n) is 8.40. The normalized spacial score (nSPS) is 12.6. The monoisotopic (exact) mass is 384 g/mol. The standard InChI is InChI=1S/C20H17ClN2O4/c1-10-7-16(26-2)18(12-5-6-22-19(10)12)13(9-17(24)25)20-23-14-8-11(21)3-4-15(14)27-20/h3-8,13,22H,9H2,1-2H3,(H,24,25). The number of rotatable bonds is 5. The molecular weight excluding hydrogens is 368 g/mol. The van der Waals surface area contributed by atoms with Gasteiger partial charge >= 0.3 is 5.97 Å². The van der Waals surface area contributed by atoms with Gasteiger partial charge in [0.2, 0.25) is 5.89 Å². The molecule has 0 saturated carbocycles. The van der Waals surface area contributed by atoms with E-state index in [2.05, 4.69) is 9.97 Å². The number of halogens is 1. The Morgan fingerprint density at radius 1 is 1.37 bits per heavy atom.